The van der Waals surface area contributed by atoms with Gasteiger partial charge < -0.3 is 5.32 Å². The number of rotatable bonds is 5. The van der Waals surface area contributed by atoms with E-state index >= 15 is 0 Å². The van der Waals surface area contributed by atoms with Crippen molar-refractivity contribution in [2.45, 2.75) is 46.3 Å². The SMILES string of the molecule is CC[C@@H](C)NC(=O)Cn1c(=O)n(CC)c(=O)c2ccccc21. The number of nitrogens with one attached hydrogen (secondary N) is 1. The predicted octanol–water partition coefficient (Wildman–Crippen LogP) is 1.10. The molecule has 0 saturated heterocycles. The Kier molecular flexibility index (Phi) is 4.80. The number of nitrogens with zero attached hydrogens (tertiary/aromatic N) is 2. The Bertz CT molecular complexity index is 804. The molecule has 1 aromatic heterocycles. The molecule has 118 valence electrons. The van der Waals surface area contributed by atoms with Crippen molar-refractivity contribution < 1.29 is 4.79 Å². The monoisotopic (exact) mass is 303 g/mol. The van der Waals surface area contributed by atoms with E-state index < -0.39 is 5.69 Å². The molecule has 0 saturated carbocycles. The lowest BCUT2D eigenvalue weighted by atomic mass is 10.2. The smallest absolute Gasteiger partial charge is 0.331 e. The van der Waals surface area contributed by atoms with Gasteiger partial charge in [-0.1, -0.05) is 19.1 Å². The van der Waals surface area contributed by atoms with Gasteiger partial charge in [-0.2, -0.15) is 0 Å². The van der Waals surface area contributed by atoms with Crippen LogP contribution in [0.1, 0.15) is 27.2 Å². The van der Waals surface area contributed by atoms with Gasteiger partial charge in [-0.05, 0) is 32.4 Å². The quantitative estimate of drug-likeness (QED) is 0.899. The van der Waals surface area contributed by atoms with E-state index in [0.717, 1.165) is 11.0 Å². The van der Waals surface area contributed by atoms with Gasteiger partial charge in [0.2, 0.25) is 5.91 Å². The molecule has 0 aliphatic heterocycles. The summed E-state index contributed by atoms with van der Waals surface area (Å²) >= 11 is 0. The molecule has 1 atom stereocenters. The molecule has 1 amide bonds. The molecule has 0 radical (unpaired) electrons. The highest BCUT2D eigenvalue weighted by Crippen LogP contribution is 2.07. The van der Waals surface area contributed by atoms with Crippen molar-refractivity contribution in [3.63, 3.8) is 0 Å². The number of hydrogen-bond acceptors (Lipinski definition) is 3. The second-order valence-corrected chi connectivity index (χ2v) is 5.31. The number of carbonyl (C=O) groups excluding carboxylic acids is 1. The minimum absolute atomic E-state index is 0.0477. The second kappa shape index (κ2) is 6.60. The first-order valence-electron chi connectivity index (χ1n) is 7.51. The minimum atomic E-state index is -0.453. The number of para-hydroxylation sites is 1. The lowest BCUT2D eigenvalue weighted by Crippen LogP contribution is -2.43. The third kappa shape index (κ3) is 2.95. The molecule has 0 fully saturated rings. The highest BCUT2D eigenvalue weighted by Gasteiger charge is 2.14. The predicted molar refractivity (Wildman–Crippen MR) is 86.0 cm³/mol. The summed E-state index contributed by atoms with van der Waals surface area (Å²) in [6, 6.07) is 6.91. The van der Waals surface area contributed by atoms with Crippen LogP contribution in [0.5, 0.6) is 0 Å². The Morgan fingerprint density at radius 1 is 1.18 bits per heavy atom. The molecular weight excluding hydrogens is 282 g/mol. The number of benzene rings is 1. The van der Waals surface area contributed by atoms with Gasteiger partial charge in [0.1, 0.15) is 6.54 Å². The summed E-state index contributed by atoms with van der Waals surface area (Å²) < 4.78 is 2.51. The van der Waals surface area contributed by atoms with Crippen molar-refractivity contribution in [3.8, 4) is 0 Å². The van der Waals surface area contributed by atoms with E-state index in [9.17, 15) is 14.4 Å². The average molecular weight is 303 g/mol. The second-order valence-electron chi connectivity index (χ2n) is 5.31. The maximum absolute atomic E-state index is 12.5. The van der Waals surface area contributed by atoms with E-state index in [-0.39, 0.29) is 30.6 Å². The Hall–Kier alpha value is -2.37. The van der Waals surface area contributed by atoms with E-state index in [1.165, 1.54) is 4.57 Å². The van der Waals surface area contributed by atoms with Crippen molar-refractivity contribution in [2.24, 2.45) is 0 Å². The summed E-state index contributed by atoms with van der Waals surface area (Å²) in [5.41, 5.74) is -0.284. The zero-order valence-electron chi connectivity index (χ0n) is 13.1. The van der Waals surface area contributed by atoms with Gasteiger partial charge >= 0.3 is 5.69 Å². The first-order chi connectivity index (χ1) is 10.5. The average Bonchev–Trinajstić information content (AvgIpc) is 2.52. The first-order valence-corrected chi connectivity index (χ1v) is 7.51. The fourth-order valence-electron chi connectivity index (χ4n) is 2.37. The van der Waals surface area contributed by atoms with Crippen molar-refractivity contribution in [1.82, 2.24) is 14.5 Å². The minimum Gasteiger partial charge on any atom is -0.352 e. The molecule has 0 aliphatic rings. The molecule has 2 rings (SSSR count). The molecule has 0 aliphatic carbocycles. The van der Waals surface area contributed by atoms with Crippen LogP contribution in [0.15, 0.2) is 33.9 Å². The largest absolute Gasteiger partial charge is 0.352 e. The standard InChI is InChI=1S/C16H21N3O3/c1-4-11(3)17-14(20)10-19-13-9-7-6-8-12(13)15(21)18(5-2)16(19)22/h6-9,11H,4-5,10H2,1-3H3,(H,17,20)/t11-/m1/s1. The van der Waals surface area contributed by atoms with Crippen molar-refractivity contribution in [3.05, 3.63) is 45.1 Å². The maximum Gasteiger partial charge on any atom is 0.331 e. The molecule has 6 heteroatoms. The van der Waals surface area contributed by atoms with Gasteiger partial charge in [0.25, 0.3) is 5.56 Å². The zero-order valence-corrected chi connectivity index (χ0v) is 13.1. The molecule has 0 bridgehead atoms. The van der Waals surface area contributed by atoms with E-state index in [0.29, 0.717) is 10.9 Å². The highest BCUT2D eigenvalue weighted by atomic mass is 16.2. The van der Waals surface area contributed by atoms with Gasteiger partial charge in [-0.25, -0.2) is 4.79 Å². The lowest BCUT2D eigenvalue weighted by molar-refractivity contribution is -0.122. The fourth-order valence-corrected chi connectivity index (χ4v) is 2.37. The summed E-state index contributed by atoms with van der Waals surface area (Å²) in [6.45, 7) is 5.80. The van der Waals surface area contributed by atoms with E-state index in [1.807, 2.05) is 13.8 Å². The van der Waals surface area contributed by atoms with Crippen LogP contribution >= 0.6 is 0 Å². The Morgan fingerprint density at radius 2 is 1.86 bits per heavy atom. The van der Waals surface area contributed by atoms with Gasteiger partial charge in [0.15, 0.2) is 0 Å². The van der Waals surface area contributed by atoms with E-state index in [2.05, 4.69) is 5.32 Å². The lowest BCUT2D eigenvalue weighted by Gasteiger charge is -2.15. The summed E-state index contributed by atoms with van der Waals surface area (Å²) in [4.78, 5) is 36.9. The molecule has 1 heterocycles. The summed E-state index contributed by atoms with van der Waals surface area (Å²) in [6.07, 6.45) is 0.815. The maximum atomic E-state index is 12.5. The van der Waals surface area contributed by atoms with Crippen molar-refractivity contribution in [1.29, 1.82) is 0 Å². The third-order valence-corrected chi connectivity index (χ3v) is 3.77. The van der Waals surface area contributed by atoms with Gasteiger partial charge in [-0.15, -0.1) is 0 Å². The normalized spacial score (nSPS) is 12.3. The summed E-state index contributed by atoms with van der Waals surface area (Å²) in [5, 5.41) is 3.28. The molecule has 0 spiro atoms. The van der Waals surface area contributed by atoms with Gasteiger partial charge in [-0.3, -0.25) is 18.7 Å². The Labute approximate surface area is 128 Å². The number of aromatic nitrogens is 2. The summed E-state index contributed by atoms with van der Waals surface area (Å²) in [7, 11) is 0. The van der Waals surface area contributed by atoms with Crippen molar-refractivity contribution >= 4 is 16.8 Å². The zero-order chi connectivity index (χ0) is 16.3. The fraction of sp³-hybridized carbons (Fsp3) is 0.438. The van der Waals surface area contributed by atoms with Gasteiger partial charge in [0, 0.05) is 12.6 Å². The third-order valence-electron chi connectivity index (χ3n) is 3.77. The van der Waals surface area contributed by atoms with E-state index in [1.54, 1.807) is 31.2 Å². The first kappa shape index (κ1) is 16.0. The van der Waals surface area contributed by atoms with Crippen LogP contribution < -0.4 is 16.6 Å². The topological polar surface area (TPSA) is 73.1 Å². The highest BCUT2D eigenvalue weighted by molar-refractivity contribution is 5.81. The Balaban J connectivity index is 2.56. The molecule has 1 aromatic carbocycles. The summed E-state index contributed by atoms with van der Waals surface area (Å²) in [5.74, 6) is -0.233. The molecule has 0 unspecified atom stereocenters. The number of carbonyl (C=O) groups is 1. The number of amides is 1. The number of fused-ring (bicyclic) bond motifs is 1. The van der Waals surface area contributed by atoms with Crippen LogP contribution in [0.4, 0.5) is 0 Å². The van der Waals surface area contributed by atoms with E-state index in [4.69, 9.17) is 0 Å². The van der Waals surface area contributed by atoms with Gasteiger partial charge in [0.05, 0.1) is 10.9 Å². The Morgan fingerprint density at radius 3 is 2.50 bits per heavy atom. The molecule has 1 N–H and O–H groups in total. The van der Waals surface area contributed by atoms with Crippen molar-refractivity contribution in [2.75, 3.05) is 0 Å². The van der Waals surface area contributed by atoms with Crippen LogP contribution in [0.25, 0.3) is 10.9 Å². The van der Waals surface area contributed by atoms with Crippen LogP contribution in [0.3, 0.4) is 0 Å². The molecular formula is C16H21N3O3. The molecule has 6 nitrogen and oxygen atoms in total. The van der Waals surface area contributed by atoms with Crippen LogP contribution in [0.2, 0.25) is 0 Å². The molecule has 22 heavy (non-hydrogen) atoms. The molecule has 2 aromatic rings. The van der Waals surface area contributed by atoms with Crippen LogP contribution in [0, 0.1) is 0 Å². The van der Waals surface area contributed by atoms with Crippen LogP contribution in [-0.2, 0) is 17.9 Å². The number of hydrogen-bond donors (Lipinski definition) is 1. The van der Waals surface area contributed by atoms with Crippen LogP contribution in [-0.4, -0.2) is 21.1 Å².